The number of nitrogens with zero attached hydrogens (tertiary/aromatic N) is 2. The van der Waals surface area contributed by atoms with Gasteiger partial charge in [0.05, 0.1) is 27.5 Å². The monoisotopic (exact) mass is 503 g/mol. The number of benzene rings is 1. The van der Waals surface area contributed by atoms with Gasteiger partial charge in [-0.05, 0) is 54.8 Å². The van der Waals surface area contributed by atoms with Gasteiger partial charge in [-0.2, -0.15) is 5.26 Å². The molecule has 0 fully saturated rings. The Labute approximate surface area is 206 Å². The van der Waals surface area contributed by atoms with Crippen LogP contribution in [0.2, 0.25) is 10.0 Å². The number of hydrogen-bond acceptors (Lipinski definition) is 6. The molecule has 1 aliphatic heterocycles. The zero-order valence-electron chi connectivity index (χ0n) is 18.3. The van der Waals surface area contributed by atoms with Crippen LogP contribution in [0.3, 0.4) is 0 Å². The van der Waals surface area contributed by atoms with Crippen molar-refractivity contribution in [3.8, 4) is 6.07 Å². The first-order chi connectivity index (χ1) is 15.1. The fourth-order valence-corrected chi connectivity index (χ4v) is 7.08. The fraction of sp³-hybridized carbons (Fsp3) is 0.333. The van der Waals surface area contributed by atoms with E-state index >= 15 is 0 Å². The topological polar surface area (TPSA) is 70.1 Å². The fourth-order valence-electron chi connectivity index (χ4n) is 4.66. The van der Waals surface area contributed by atoms with Crippen LogP contribution in [0.1, 0.15) is 43.0 Å². The van der Waals surface area contributed by atoms with E-state index in [-0.39, 0.29) is 11.2 Å². The summed E-state index contributed by atoms with van der Waals surface area (Å²) in [5.74, 6) is -0.108. The smallest absolute Gasteiger partial charge is 0.162 e. The number of carbonyl (C=O) groups excluding carboxylic acids is 1. The van der Waals surface area contributed by atoms with Crippen molar-refractivity contribution < 1.29 is 4.79 Å². The van der Waals surface area contributed by atoms with E-state index < -0.39 is 5.92 Å². The van der Waals surface area contributed by atoms with Gasteiger partial charge in [-0.1, -0.05) is 37.0 Å². The number of nitriles is 1. The summed E-state index contributed by atoms with van der Waals surface area (Å²) in [4.78, 5) is 16.5. The minimum absolute atomic E-state index is 0.0514. The Hall–Kier alpha value is -1.91. The lowest BCUT2D eigenvalue weighted by molar-refractivity contribution is -0.118. The van der Waals surface area contributed by atoms with Crippen molar-refractivity contribution in [1.29, 1.82) is 5.26 Å². The van der Waals surface area contributed by atoms with Crippen molar-refractivity contribution in [2.75, 3.05) is 11.2 Å². The second-order valence-corrected chi connectivity index (χ2v) is 12.1. The molecule has 32 heavy (non-hydrogen) atoms. The minimum atomic E-state index is -0.475. The molecule has 1 aromatic carbocycles. The van der Waals surface area contributed by atoms with Gasteiger partial charge in [0, 0.05) is 32.6 Å². The van der Waals surface area contributed by atoms with Crippen LogP contribution in [-0.4, -0.2) is 12.0 Å². The Morgan fingerprint density at radius 2 is 1.88 bits per heavy atom. The van der Waals surface area contributed by atoms with Crippen LogP contribution < -0.4 is 10.6 Å². The summed E-state index contributed by atoms with van der Waals surface area (Å²) in [5, 5.41) is 11.1. The van der Waals surface area contributed by atoms with Crippen molar-refractivity contribution in [2.24, 2.45) is 11.1 Å². The normalized spacial score (nSPS) is 20.5. The number of allylic oxidation sites excluding steroid dienone is 3. The predicted octanol–water partition coefficient (Wildman–Crippen LogP) is 7.03. The van der Waals surface area contributed by atoms with E-state index in [2.05, 4.69) is 26.0 Å². The molecule has 2 heterocycles. The quantitative estimate of drug-likeness (QED) is 0.455. The number of ketones is 1. The number of aryl methyl sites for hydroxylation is 1. The van der Waals surface area contributed by atoms with Gasteiger partial charge in [-0.25, -0.2) is 0 Å². The molecule has 1 aromatic heterocycles. The van der Waals surface area contributed by atoms with E-state index in [1.165, 1.54) is 0 Å². The van der Waals surface area contributed by atoms with Gasteiger partial charge in [0.25, 0.3) is 0 Å². The van der Waals surface area contributed by atoms with Crippen molar-refractivity contribution in [3.05, 3.63) is 67.4 Å². The number of carbonyl (C=O) groups is 1. The lowest BCUT2D eigenvalue weighted by atomic mass is 9.69. The third kappa shape index (κ3) is 3.97. The highest BCUT2D eigenvalue weighted by molar-refractivity contribution is 8.00. The van der Waals surface area contributed by atoms with Crippen molar-refractivity contribution in [1.82, 2.24) is 0 Å². The van der Waals surface area contributed by atoms with Crippen LogP contribution >= 0.6 is 46.3 Å². The Bertz CT molecular complexity index is 1220. The number of thioether (sulfide) groups is 1. The molecule has 2 aromatic rings. The Balaban J connectivity index is 2.04. The zero-order valence-corrected chi connectivity index (χ0v) is 21.4. The molecule has 166 valence electrons. The summed E-state index contributed by atoms with van der Waals surface area (Å²) in [6.07, 6.45) is 3.08. The molecular weight excluding hydrogens is 481 g/mol. The van der Waals surface area contributed by atoms with Crippen LogP contribution in [0.4, 0.5) is 5.69 Å². The van der Waals surface area contributed by atoms with E-state index in [9.17, 15) is 10.1 Å². The number of rotatable bonds is 3. The maximum Gasteiger partial charge on any atom is 0.162 e. The lowest BCUT2D eigenvalue weighted by Crippen LogP contribution is -2.42. The van der Waals surface area contributed by atoms with E-state index in [0.717, 1.165) is 20.3 Å². The van der Waals surface area contributed by atoms with E-state index in [1.54, 1.807) is 46.2 Å². The van der Waals surface area contributed by atoms with Gasteiger partial charge in [0.2, 0.25) is 0 Å². The van der Waals surface area contributed by atoms with Crippen molar-refractivity contribution in [3.63, 3.8) is 0 Å². The van der Waals surface area contributed by atoms with Gasteiger partial charge in [-0.3, -0.25) is 9.69 Å². The first-order valence-electron chi connectivity index (χ1n) is 10.1. The van der Waals surface area contributed by atoms with Crippen LogP contribution in [0.15, 0.2) is 51.1 Å². The van der Waals surface area contributed by atoms with Gasteiger partial charge >= 0.3 is 0 Å². The molecule has 4 rings (SSSR count). The summed E-state index contributed by atoms with van der Waals surface area (Å²) >= 11 is 15.9. The summed E-state index contributed by atoms with van der Waals surface area (Å²) in [5.41, 5.74) is 9.92. The number of nitrogens with two attached hydrogens (primary N) is 1. The van der Waals surface area contributed by atoms with E-state index in [4.69, 9.17) is 28.9 Å². The highest BCUT2D eigenvalue weighted by Crippen LogP contribution is 2.52. The van der Waals surface area contributed by atoms with Gasteiger partial charge in [-0.15, -0.1) is 23.1 Å². The van der Waals surface area contributed by atoms with Crippen LogP contribution in [0, 0.1) is 23.7 Å². The molecule has 1 unspecified atom stereocenters. The highest BCUT2D eigenvalue weighted by Gasteiger charge is 2.45. The molecule has 0 radical (unpaired) electrons. The molecule has 4 nitrogen and oxygen atoms in total. The van der Waals surface area contributed by atoms with Crippen LogP contribution in [-0.2, 0) is 4.79 Å². The zero-order chi connectivity index (χ0) is 23.4. The van der Waals surface area contributed by atoms with Crippen LogP contribution in [0.25, 0.3) is 0 Å². The Morgan fingerprint density at radius 1 is 1.22 bits per heavy atom. The summed E-state index contributed by atoms with van der Waals surface area (Å²) < 4.78 is 1.09. The standard InChI is InChI=1S/C24H23Cl2N3OS2/c1-12-5-16(23(31-4)32-12)20-17(11-27)22(28)29(15-7-13(25)6-14(26)8-15)18-9-24(2,3)10-19(30)21(18)20/h5-8,20H,9-10,28H2,1-4H3. The molecule has 0 saturated carbocycles. The maximum atomic E-state index is 13.6. The molecule has 2 N–H and O–H groups in total. The molecule has 0 saturated heterocycles. The second-order valence-electron chi connectivity index (χ2n) is 8.91. The number of anilines is 1. The molecule has 0 amide bonds. The Kier molecular flexibility index (Phi) is 6.15. The van der Waals surface area contributed by atoms with Crippen molar-refractivity contribution in [2.45, 2.75) is 43.7 Å². The molecule has 1 aliphatic carbocycles. The lowest BCUT2D eigenvalue weighted by Gasteiger charge is -2.43. The summed E-state index contributed by atoms with van der Waals surface area (Å²) in [6.45, 7) is 6.19. The number of thiophene rings is 1. The molecule has 2 aliphatic rings. The molecule has 1 atom stereocenters. The predicted molar refractivity (Wildman–Crippen MR) is 134 cm³/mol. The van der Waals surface area contributed by atoms with Crippen LogP contribution in [0.5, 0.6) is 0 Å². The maximum absolute atomic E-state index is 13.6. The molecule has 0 bridgehead atoms. The van der Waals surface area contributed by atoms with Gasteiger partial charge < -0.3 is 5.73 Å². The third-order valence-corrected chi connectivity index (χ3v) is 8.48. The first kappa shape index (κ1) is 23.3. The minimum Gasteiger partial charge on any atom is -0.384 e. The molecular formula is C24H23Cl2N3OS2. The average Bonchev–Trinajstić information content (AvgIpc) is 3.05. The number of halogens is 2. The number of hydrogen-bond donors (Lipinski definition) is 1. The first-order valence-corrected chi connectivity index (χ1v) is 12.9. The molecule has 0 spiro atoms. The Morgan fingerprint density at radius 3 is 2.47 bits per heavy atom. The largest absolute Gasteiger partial charge is 0.384 e. The van der Waals surface area contributed by atoms with Gasteiger partial charge in [0.15, 0.2) is 5.78 Å². The van der Waals surface area contributed by atoms with E-state index in [1.807, 2.05) is 13.2 Å². The average molecular weight is 505 g/mol. The molecule has 8 heteroatoms. The summed E-state index contributed by atoms with van der Waals surface area (Å²) in [7, 11) is 0. The number of Topliss-reactive ketones (excluding diaryl/α,β-unsaturated/α-hetero) is 1. The SMILES string of the molecule is CSc1sc(C)cc1C1C(C#N)=C(N)N(c2cc(Cl)cc(Cl)c2)C2=C1C(=O)CC(C)(C)C2. The summed E-state index contributed by atoms with van der Waals surface area (Å²) in [6, 6.07) is 9.56. The van der Waals surface area contributed by atoms with Crippen molar-refractivity contribution >= 4 is 57.8 Å². The van der Waals surface area contributed by atoms with Gasteiger partial charge in [0.1, 0.15) is 5.82 Å². The third-order valence-electron chi connectivity index (χ3n) is 5.83. The highest BCUT2D eigenvalue weighted by atomic mass is 35.5. The van der Waals surface area contributed by atoms with E-state index in [0.29, 0.717) is 45.5 Å². The second kappa shape index (κ2) is 8.46.